The number of aromatic nitrogens is 3. The molecule has 1 amide bonds. The maximum atomic E-state index is 14.4. The minimum atomic E-state index is -4.89. The number of Topliss-reactive ketones (excluding diaryl/α,β-unsaturated/α-hetero) is 1. The van der Waals surface area contributed by atoms with E-state index in [1.54, 1.807) is 0 Å². The van der Waals surface area contributed by atoms with Crippen LogP contribution in [0.5, 0.6) is 0 Å². The van der Waals surface area contributed by atoms with Crippen molar-refractivity contribution in [1.29, 1.82) is 0 Å². The van der Waals surface area contributed by atoms with Gasteiger partial charge in [-0.1, -0.05) is 32.4 Å². The summed E-state index contributed by atoms with van der Waals surface area (Å²) in [6.07, 6.45) is 0.720. The van der Waals surface area contributed by atoms with Crippen molar-refractivity contribution >= 4 is 29.3 Å². The first kappa shape index (κ1) is 28.1. The van der Waals surface area contributed by atoms with Crippen molar-refractivity contribution in [1.82, 2.24) is 19.7 Å². The van der Waals surface area contributed by atoms with Crippen LogP contribution in [-0.2, 0) is 17.4 Å². The topological polar surface area (TPSA) is 105 Å². The van der Waals surface area contributed by atoms with E-state index >= 15 is 0 Å². The summed E-state index contributed by atoms with van der Waals surface area (Å²) in [5, 5.41) is 13.3. The van der Waals surface area contributed by atoms with Gasteiger partial charge in [-0.25, -0.2) is 0 Å². The van der Waals surface area contributed by atoms with E-state index in [4.69, 9.17) is 11.6 Å². The number of aliphatic carboxylic acids is 1. The van der Waals surface area contributed by atoms with E-state index in [-0.39, 0.29) is 41.7 Å². The molecule has 1 unspecified atom stereocenters. The number of hydrogen-bond acceptors (Lipinski definition) is 5. The molecule has 1 N–H and O–H groups in total. The summed E-state index contributed by atoms with van der Waals surface area (Å²) in [6, 6.07) is -1.11. The summed E-state index contributed by atoms with van der Waals surface area (Å²) in [7, 11) is 0. The van der Waals surface area contributed by atoms with Crippen molar-refractivity contribution in [2.45, 2.75) is 77.6 Å². The Bertz CT molecular complexity index is 1250. The predicted octanol–water partition coefficient (Wildman–Crippen LogP) is 5.45. The fraction of sp³-hybridized carbons (Fsp3) is 0.577. The molecule has 2 aliphatic carbocycles. The smallest absolute Gasteiger partial charge is 0.433 e. The quantitative estimate of drug-likeness (QED) is 0.435. The maximum absolute atomic E-state index is 14.4. The number of pyridine rings is 1. The van der Waals surface area contributed by atoms with Crippen LogP contribution in [-0.4, -0.2) is 55.0 Å². The number of carboxylic acids is 1. The summed E-state index contributed by atoms with van der Waals surface area (Å²) in [5.41, 5.74) is -1.36. The van der Waals surface area contributed by atoms with Crippen molar-refractivity contribution in [3.63, 3.8) is 0 Å². The van der Waals surface area contributed by atoms with Crippen LogP contribution in [0.3, 0.4) is 0 Å². The van der Waals surface area contributed by atoms with Crippen LogP contribution >= 0.6 is 11.6 Å². The van der Waals surface area contributed by atoms with Crippen LogP contribution in [0, 0.1) is 11.3 Å². The predicted molar refractivity (Wildman–Crippen MR) is 132 cm³/mol. The first-order valence-electron chi connectivity index (χ1n) is 12.6. The maximum Gasteiger partial charge on any atom is 0.433 e. The average molecular weight is 555 g/mol. The van der Waals surface area contributed by atoms with Gasteiger partial charge in [-0.05, 0) is 49.5 Å². The molecule has 2 heterocycles. The van der Waals surface area contributed by atoms with E-state index in [0.717, 1.165) is 10.9 Å². The molecule has 0 saturated heterocycles. The lowest BCUT2D eigenvalue weighted by atomic mass is 9.86. The Kier molecular flexibility index (Phi) is 7.62. The summed E-state index contributed by atoms with van der Waals surface area (Å²) >= 11 is 6.25. The first-order chi connectivity index (χ1) is 17.8. The van der Waals surface area contributed by atoms with Gasteiger partial charge in [0.2, 0.25) is 0 Å². The molecule has 0 radical (unpaired) electrons. The molecule has 0 bridgehead atoms. The Morgan fingerprint density at radius 3 is 2.32 bits per heavy atom. The van der Waals surface area contributed by atoms with Gasteiger partial charge < -0.3 is 10.0 Å². The van der Waals surface area contributed by atoms with E-state index in [1.165, 1.54) is 17.3 Å². The van der Waals surface area contributed by atoms with Crippen molar-refractivity contribution in [2.75, 3.05) is 6.54 Å². The number of carbonyl (C=O) groups is 3. The lowest BCUT2D eigenvalue weighted by Crippen LogP contribution is -2.40. The van der Waals surface area contributed by atoms with Crippen molar-refractivity contribution < 1.29 is 32.7 Å². The third-order valence-corrected chi connectivity index (χ3v) is 8.02. The van der Waals surface area contributed by atoms with Crippen LogP contribution in [0.25, 0.3) is 0 Å². The summed E-state index contributed by atoms with van der Waals surface area (Å²) in [6.45, 7) is 5.16. The van der Waals surface area contributed by atoms with Gasteiger partial charge >= 0.3 is 12.1 Å². The molecule has 2 aromatic rings. The first-order valence-corrected chi connectivity index (χ1v) is 13.0. The molecule has 2 aliphatic rings. The lowest BCUT2D eigenvalue weighted by Gasteiger charge is -2.29. The van der Waals surface area contributed by atoms with E-state index < -0.39 is 59.6 Å². The zero-order valence-corrected chi connectivity index (χ0v) is 22.1. The zero-order valence-electron chi connectivity index (χ0n) is 21.4. The number of alkyl halides is 3. The number of aryl methyl sites for hydroxylation is 1. The molecule has 0 aromatic carbocycles. The van der Waals surface area contributed by atoms with Crippen molar-refractivity contribution in [3.8, 4) is 0 Å². The SMILES string of the molecule is CCc1cncc(Cl)c1C(=O)CN(C(=O)c1cnn(C2CCC(C(=O)O)CC2)c1C(F)(F)F)C1CC1(C)C. The average Bonchev–Trinajstić information content (AvgIpc) is 3.26. The van der Waals surface area contributed by atoms with Crippen molar-refractivity contribution in [3.05, 3.63) is 46.0 Å². The highest BCUT2D eigenvalue weighted by Gasteiger charge is 2.53. The molecule has 2 fully saturated rings. The van der Waals surface area contributed by atoms with Gasteiger partial charge in [0.05, 0.1) is 35.3 Å². The minimum Gasteiger partial charge on any atom is -0.481 e. The molecular weight excluding hydrogens is 525 g/mol. The third kappa shape index (κ3) is 5.43. The van der Waals surface area contributed by atoms with Gasteiger partial charge in [0.25, 0.3) is 5.91 Å². The molecule has 0 spiro atoms. The van der Waals surface area contributed by atoms with Gasteiger partial charge in [-0.3, -0.25) is 24.0 Å². The Morgan fingerprint density at radius 1 is 1.16 bits per heavy atom. The molecule has 1 atom stereocenters. The fourth-order valence-electron chi connectivity index (χ4n) is 5.38. The molecule has 0 aliphatic heterocycles. The molecule has 2 aromatic heterocycles. The van der Waals surface area contributed by atoms with Gasteiger partial charge in [0, 0.05) is 24.0 Å². The van der Waals surface area contributed by atoms with Gasteiger partial charge in [-0.15, -0.1) is 0 Å². The molecule has 38 heavy (non-hydrogen) atoms. The Labute approximate surface area is 223 Å². The number of halogens is 4. The number of nitrogens with zero attached hydrogens (tertiary/aromatic N) is 4. The van der Waals surface area contributed by atoms with Crippen LogP contribution in [0.2, 0.25) is 5.02 Å². The zero-order chi connectivity index (χ0) is 28.0. The largest absolute Gasteiger partial charge is 0.481 e. The number of hydrogen-bond donors (Lipinski definition) is 1. The number of carbonyl (C=O) groups excluding carboxylic acids is 2. The fourth-order valence-corrected chi connectivity index (χ4v) is 5.67. The number of carboxylic acid groups (broad SMARTS) is 1. The van der Waals surface area contributed by atoms with Crippen LogP contribution in [0.4, 0.5) is 13.2 Å². The second-order valence-electron chi connectivity index (χ2n) is 10.8. The molecule has 12 heteroatoms. The molecular formula is C26H30ClF3N4O4. The van der Waals surface area contributed by atoms with Crippen LogP contribution < -0.4 is 0 Å². The number of rotatable bonds is 8. The van der Waals surface area contributed by atoms with E-state index in [1.807, 2.05) is 20.8 Å². The molecule has 206 valence electrons. The summed E-state index contributed by atoms with van der Waals surface area (Å²) in [5.74, 6) is -2.97. The van der Waals surface area contributed by atoms with E-state index in [2.05, 4.69) is 10.1 Å². The van der Waals surface area contributed by atoms with Crippen molar-refractivity contribution in [2.24, 2.45) is 11.3 Å². The number of amides is 1. The normalized spacial score (nSPS) is 22.7. The highest BCUT2D eigenvalue weighted by atomic mass is 35.5. The third-order valence-electron chi connectivity index (χ3n) is 7.74. The molecule has 2 saturated carbocycles. The monoisotopic (exact) mass is 554 g/mol. The standard InChI is InChI=1S/C26H30ClF3N4O4/c1-4-14-10-31-12-18(27)21(14)19(35)13-33(20-9-25(20,2)3)23(36)17-11-32-34(22(17)26(28,29)30)16-7-5-15(6-8-16)24(37)38/h10-12,15-16,20H,4-9,13H2,1-3H3,(H,37,38). The van der Waals surface area contributed by atoms with Crippen LogP contribution in [0.1, 0.15) is 90.9 Å². The number of ketones is 1. The second-order valence-corrected chi connectivity index (χ2v) is 11.2. The lowest BCUT2D eigenvalue weighted by molar-refractivity contribution is -0.147. The van der Waals surface area contributed by atoms with Crippen LogP contribution in [0.15, 0.2) is 18.6 Å². The Morgan fingerprint density at radius 2 is 1.79 bits per heavy atom. The molecule has 4 rings (SSSR count). The molecule has 8 nitrogen and oxygen atoms in total. The van der Waals surface area contributed by atoms with Gasteiger partial charge in [0.1, 0.15) is 0 Å². The highest BCUT2D eigenvalue weighted by molar-refractivity contribution is 6.34. The minimum absolute atomic E-state index is 0.123. The summed E-state index contributed by atoms with van der Waals surface area (Å²) < 4.78 is 43.9. The van der Waals surface area contributed by atoms with Gasteiger partial charge in [0.15, 0.2) is 11.5 Å². The summed E-state index contributed by atoms with van der Waals surface area (Å²) in [4.78, 5) is 43.6. The van der Waals surface area contributed by atoms with E-state index in [9.17, 15) is 32.7 Å². The second kappa shape index (κ2) is 10.3. The van der Waals surface area contributed by atoms with E-state index in [0.29, 0.717) is 18.4 Å². The highest BCUT2D eigenvalue weighted by Crippen LogP contribution is 2.49. The van der Waals surface area contributed by atoms with Gasteiger partial charge in [-0.2, -0.15) is 18.3 Å². The Hall–Kier alpha value is -2.95. The Balaban J connectivity index is 1.68.